The monoisotopic (exact) mass is 269 g/mol. The number of fused-ring (bicyclic) bond motifs is 1. The van der Waals surface area contributed by atoms with E-state index in [1.54, 1.807) is 35.1 Å². The third-order valence-electron chi connectivity index (χ3n) is 2.89. The molecule has 0 unspecified atom stereocenters. The molecule has 0 saturated heterocycles. The lowest BCUT2D eigenvalue weighted by Gasteiger charge is -2.12. The van der Waals surface area contributed by atoms with E-state index in [-0.39, 0.29) is 0 Å². The van der Waals surface area contributed by atoms with Crippen LogP contribution in [0.25, 0.3) is 17.2 Å². The standard InChI is InChI=1S/C13H11N5O2/c1-20-11-6-8(12(14)19)2-3-10(11)18-5-4-9-13(17-18)16-7-15-9/h2-7H,1H3,(H2,14,19). The molecule has 0 bridgehead atoms. The molecular formula is C13H11N5O2. The average Bonchev–Trinajstić information content (AvgIpc) is 2.93. The molecule has 0 fully saturated rings. The molecule has 100 valence electrons. The summed E-state index contributed by atoms with van der Waals surface area (Å²) in [5, 5.41) is 4.34. The molecular weight excluding hydrogens is 258 g/mol. The first-order chi connectivity index (χ1) is 9.69. The van der Waals surface area contributed by atoms with Gasteiger partial charge in [-0.1, -0.05) is 0 Å². The van der Waals surface area contributed by atoms with Crippen molar-refractivity contribution in [2.45, 2.75) is 0 Å². The lowest BCUT2D eigenvalue weighted by atomic mass is 10.2. The van der Waals surface area contributed by atoms with E-state index in [9.17, 15) is 4.79 Å². The summed E-state index contributed by atoms with van der Waals surface area (Å²) < 4.78 is 6.89. The molecule has 0 aliphatic carbocycles. The van der Waals surface area contributed by atoms with Gasteiger partial charge in [0.1, 0.15) is 23.5 Å². The molecule has 0 aromatic heterocycles. The minimum atomic E-state index is -0.509. The first kappa shape index (κ1) is 12.1. The van der Waals surface area contributed by atoms with Crippen LogP contribution >= 0.6 is 0 Å². The highest BCUT2D eigenvalue weighted by atomic mass is 16.5. The summed E-state index contributed by atoms with van der Waals surface area (Å²) >= 11 is 0. The van der Waals surface area contributed by atoms with Crippen LogP contribution in [0, 0.1) is 0 Å². The van der Waals surface area contributed by atoms with Crippen molar-refractivity contribution in [3.05, 3.63) is 42.4 Å². The van der Waals surface area contributed by atoms with Gasteiger partial charge in [-0.2, -0.15) is 0 Å². The first-order valence-corrected chi connectivity index (χ1v) is 5.83. The normalized spacial score (nSPS) is 10.7. The van der Waals surface area contributed by atoms with Crippen LogP contribution < -0.4 is 10.5 Å². The van der Waals surface area contributed by atoms with Gasteiger partial charge in [0.05, 0.1) is 7.11 Å². The van der Waals surface area contributed by atoms with E-state index in [0.717, 1.165) is 0 Å². The molecule has 0 radical (unpaired) electrons. The summed E-state index contributed by atoms with van der Waals surface area (Å²) in [7, 11) is 1.52. The number of nitrogens with zero attached hydrogens (tertiary/aromatic N) is 4. The van der Waals surface area contributed by atoms with Gasteiger partial charge in [-0.15, -0.1) is 5.10 Å². The Kier molecular flexibility index (Phi) is 2.79. The van der Waals surface area contributed by atoms with Gasteiger partial charge in [-0.25, -0.2) is 14.6 Å². The van der Waals surface area contributed by atoms with Crippen LogP contribution in [0.5, 0.6) is 5.75 Å². The van der Waals surface area contributed by atoms with E-state index in [1.807, 2.05) is 0 Å². The molecule has 1 amide bonds. The van der Waals surface area contributed by atoms with Crippen molar-refractivity contribution in [3.63, 3.8) is 0 Å². The molecule has 7 heteroatoms. The second-order valence-electron chi connectivity index (χ2n) is 4.09. The zero-order valence-corrected chi connectivity index (χ0v) is 10.6. The Hall–Kier alpha value is -2.96. The fourth-order valence-corrected chi connectivity index (χ4v) is 1.90. The summed E-state index contributed by atoms with van der Waals surface area (Å²) in [4.78, 5) is 19.3. The van der Waals surface area contributed by atoms with Crippen molar-refractivity contribution in [1.29, 1.82) is 0 Å². The van der Waals surface area contributed by atoms with E-state index in [4.69, 9.17) is 10.5 Å². The van der Waals surface area contributed by atoms with E-state index < -0.39 is 5.91 Å². The summed E-state index contributed by atoms with van der Waals surface area (Å²) in [6.45, 7) is 0. The predicted octanol–water partition coefficient (Wildman–Crippen LogP) is 0.875. The van der Waals surface area contributed by atoms with Crippen molar-refractivity contribution in [2.75, 3.05) is 7.11 Å². The Balaban J connectivity index is 2.13. The Bertz CT molecular complexity index is 752. The number of rotatable bonds is 3. The highest BCUT2D eigenvalue weighted by Crippen LogP contribution is 2.24. The SMILES string of the molecule is COc1cc(C(N)=O)ccc1-n1ccc2ncnc-2n1. The van der Waals surface area contributed by atoms with Gasteiger partial charge < -0.3 is 10.5 Å². The zero-order valence-electron chi connectivity index (χ0n) is 10.6. The van der Waals surface area contributed by atoms with Crippen LogP contribution in [0.3, 0.4) is 0 Å². The number of imidazole rings is 1. The van der Waals surface area contributed by atoms with Crippen molar-refractivity contribution in [2.24, 2.45) is 5.73 Å². The number of amides is 1. The van der Waals surface area contributed by atoms with Crippen LogP contribution in [0.15, 0.2) is 36.8 Å². The molecule has 1 aromatic rings. The summed E-state index contributed by atoms with van der Waals surface area (Å²) in [6.07, 6.45) is 3.20. The maximum atomic E-state index is 11.2. The third-order valence-corrected chi connectivity index (χ3v) is 2.89. The Morgan fingerprint density at radius 2 is 2.15 bits per heavy atom. The Labute approximate surface area is 114 Å². The van der Waals surface area contributed by atoms with E-state index >= 15 is 0 Å². The highest BCUT2D eigenvalue weighted by molar-refractivity contribution is 5.93. The number of primary amides is 1. The lowest BCUT2D eigenvalue weighted by Crippen LogP contribution is -2.12. The number of hydrogen-bond acceptors (Lipinski definition) is 5. The molecule has 0 spiro atoms. The second kappa shape index (κ2) is 4.61. The molecule has 7 nitrogen and oxygen atoms in total. The van der Waals surface area contributed by atoms with Crippen LogP contribution in [0.2, 0.25) is 0 Å². The van der Waals surface area contributed by atoms with E-state index in [0.29, 0.717) is 28.5 Å². The molecule has 0 saturated carbocycles. The molecule has 3 rings (SSSR count). The molecule has 0 atom stereocenters. The average molecular weight is 269 g/mol. The number of nitrogens with two attached hydrogens (primary N) is 1. The Morgan fingerprint density at radius 1 is 1.30 bits per heavy atom. The molecule has 1 aromatic carbocycles. The van der Waals surface area contributed by atoms with Crippen molar-refractivity contribution in [3.8, 4) is 23.0 Å². The largest absolute Gasteiger partial charge is 0.494 e. The quantitative estimate of drug-likeness (QED) is 0.761. The number of ether oxygens (including phenoxy) is 1. The van der Waals surface area contributed by atoms with Gasteiger partial charge in [-0.3, -0.25) is 4.79 Å². The number of carbonyl (C=O) groups is 1. The molecule has 2 N–H and O–H groups in total. The number of aromatic nitrogens is 4. The topological polar surface area (TPSA) is 95.9 Å². The third kappa shape index (κ3) is 1.95. The van der Waals surface area contributed by atoms with Crippen LogP contribution in [-0.4, -0.2) is 32.8 Å². The number of hydrogen-bond donors (Lipinski definition) is 1. The van der Waals surface area contributed by atoms with E-state index in [2.05, 4.69) is 15.1 Å². The van der Waals surface area contributed by atoms with Crippen LogP contribution in [0.4, 0.5) is 0 Å². The fraction of sp³-hybridized carbons (Fsp3) is 0.0769. The van der Waals surface area contributed by atoms with E-state index in [1.165, 1.54) is 13.4 Å². The minimum absolute atomic E-state index is 0.375. The van der Waals surface area contributed by atoms with Crippen LogP contribution in [-0.2, 0) is 0 Å². The maximum absolute atomic E-state index is 11.2. The fourth-order valence-electron chi connectivity index (χ4n) is 1.90. The first-order valence-electron chi connectivity index (χ1n) is 5.83. The van der Waals surface area contributed by atoms with Gasteiger partial charge >= 0.3 is 0 Å². The smallest absolute Gasteiger partial charge is 0.248 e. The van der Waals surface area contributed by atoms with Crippen molar-refractivity contribution in [1.82, 2.24) is 19.7 Å². The number of methoxy groups -OCH3 is 1. The van der Waals surface area contributed by atoms with Crippen LogP contribution in [0.1, 0.15) is 10.4 Å². The molecule has 2 aliphatic heterocycles. The van der Waals surface area contributed by atoms with Gasteiger partial charge in [-0.05, 0) is 24.3 Å². The number of carbonyl (C=O) groups excluding carboxylic acids is 1. The summed E-state index contributed by atoms with van der Waals surface area (Å²) in [5.41, 5.74) is 7.03. The summed E-state index contributed by atoms with van der Waals surface area (Å²) in [5.74, 6) is 0.524. The minimum Gasteiger partial charge on any atom is -0.494 e. The highest BCUT2D eigenvalue weighted by Gasteiger charge is 2.12. The van der Waals surface area contributed by atoms with Gasteiger partial charge in [0, 0.05) is 11.8 Å². The second-order valence-corrected chi connectivity index (χ2v) is 4.09. The number of benzene rings is 1. The zero-order chi connectivity index (χ0) is 14.1. The summed E-state index contributed by atoms with van der Waals surface area (Å²) in [6, 6.07) is 6.72. The predicted molar refractivity (Wildman–Crippen MR) is 70.8 cm³/mol. The Morgan fingerprint density at radius 3 is 2.90 bits per heavy atom. The van der Waals surface area contributed by atoms with Crippen molar-refractivity contribution >= 4 is 5.91 Å². The maximum Gasteiger partial charge on any atom is 0.248 e. The van der Waals surface area contributed by atoms with Gasteiger partial charge in [0.15, 0.2) is 5.82 Å². The lowest BCUT2D eigenvalue weighted by molar-refractivity contribution is 0.1000. The molecule has 2 aliphatic rings. The van der Waals surface area contributed by atoms with Gasteiger partial charge in [0.2, 0.25) is 5.91 Å². The van der Waals surface area contributed by atoms with Gasteiger partial charge in [0.25, 0.3) is 0 Å². The van der Waals surface area contributed by atoms with Crippen molar-refractivity contribution < 1.29 is 9.53 Å². The molecule has 2 heterocycles. The molecule has 20 heavy (non-hydrogen) atoms.